The molecule has 0 spiro atoms. The van der Waals surface area contributed by atoms with Gasteiger partial charge in [-0.05, 0) is 24.6 Å². The number of benzene rings is 2. The van der Waals surface area contributed by atoms with Gasteiger partial charge in [0.05, 0.1) is 21.7 Å². The van der Waals surface area contributed by atoms with Gasteiger partial charge < -0.3 is 0 Å². The Morgan fingerprint density at radius 1 is 1.14 bits per heavy atom. The predicted octanol–water partition coefficient (Wildman–Crippen LogP) is 4.08. The van der Waals surface area contributed by atoms with E-state index in [9.17, 15) is 0 Å². The molecule has 0 unspecified atom stereocenters. The van der Waals surface area contributed by atoms with E-state index >= 15 is 0 Å². The Bertz CT molecular complexity index is 981. The second-order valence-electron chi connectivity index (χ2n) is 5.23. The molecule has 0 amide bonds. The van der Waals surface area contributed by atoms with Gasteiger partial charge in [-0.15, -0.1) is 0 Å². The molecular weight excluding hydrogens is 284 g/mol. The quantitative estimate of drug-likeness (QED) is 0.575. The minimum atomic E-state index is 0.697. The van der Waals surface area contributed by atoms with E-state index in [-0.39, 0.29) is 0 Å². The summed E-state index contributed by atoms with van der Waals surface area (Å²) in [6, 6.07) is 9.97. The largest absolute Gasteiger partial charge is 0.277 e. The summed E-state index contributed by atoms with van der Waals surface area (Å²) in [6.07, 6.45) is 1.99. The summed E-state index contributed by atoms with van der Waals surface area (Å²) >= 11 is 6.46. The molecule has 0 saturated carbocycles. The first kappa shape index (κ1) is 12.4. The smallest absolute Gasteiger partial charge is 0.0956 e. The summed E-state index contributed by atoms with van der Waals surface area (Å²) in [5, 5.41) is 14.8. The maximum Gasteiger partial charge on any atom is 0.0956 e. The van der Waals surface area contributed by atoms with Crippen LogP contribution in [0.1, 0.15) is 5.56 Å². The van der Waals surface area contributed by atoms with Crippen LogP contribution < -0.4 is 0 Å². The Morgan fingerprint density at radius 2 is 2.00 bits per heavy atom. The van der Waals surface area contributed by atoms with Gasteiger partial charge in [-0.3, -0.25) is 9.78 Å². The predicted molar refractivity (Wildman–Crippen MR) is 85.5 cm³/mol. The molecule has 4 aromatic rings. The van der Waals surface area contributed by atoms with Crippen molar-refractivity contribution in [3.8, 4) is 11.3 Å². The lowest BCUT2D eigenvalue weighted by molar-refractivity contribution is 0.780. The molecule has 4 nitrogen and oxygen atoms in total. The van der Waals surface area contributed by atoms with Crippen LogP contribution in [-0.2, 0) is 7.05 Å². The molecule has 5 heteroatoms. The maximum atomic E-state index is 6.46. The molecule has 0 atom stereocenters. The number of aromatic amines is 1. The van der Waals surface area contributed by atoms with Crippen LogP contribution in [0.3, 0.4) is 0 Å². The van der Waals surface area contributed by atoms with Gasteiger partial charge in [-0.1, -0.05) is 29.8 Å². The lowest BCUT2D eigenvalue weighted by Crippen LogP contribution is -1.84. The Morgan fingerprint density at radius 3 is 2.86 bits per heavy atom. The number of hydrogen-bond donors (Lipinski definition) is 1. The van der Waals surface area contributed by atoms with Crippen LogP contribution in [0.2, 0.25) is 5.02 Å². The molecule has 21 heavy (non-hydrogen) atoms. The van der Waals surface area contributed by atoms with Gasteiger partial charge in [-0.2, -0.15) is 10.2 Å². The number of rotatable bonds is 1. The van der Waals surface area contributed by atoms with Crippen LogP contribution in [0.25, 0.3) is 33.1 Å². The Kier molecular flexibility index (Phi) is 2.56. The summed E-state index contributed by atoms with van der Waals surface area (Å²) in [5.41, 5.74) is 4.94. The van der Waals surface area contributed by atoms with Crippen molar-refractivity contribution in [2.24, 2.45) is 7.05 Å². The summed E-state index contributed by atoms with van der Waals surface area (Å²) < 4.78 is 1.80. The van der Waals surface area contributed by atoms with Crippen molar-refractivity contribution in [2.75, 3.05) is 0 Å². The Hall–Kier alpha value is -2.33. The number of aromatic nitrogens is 4. The van der Waals surface area contributed by atoms with Crippen molar-refractivity contribution in [3.63, 3.8) is 0 Å². The second kappa shape index (κ2) is 4.33. The monoisotopic (exact) mass is 296 g/mol. The van der Waals surface area contributed by atoms with Crippen molar-refractivity contribution in [3.05, 3.63) is 47.1 Å². The Labute approximate surface area is 126 Å². The first-order valence-corrected chi connectivity index (χ1v) is 7.09. The third-order valence-corrected chi connectivity index (χ3v) is 4.10. The van der Waals surface area contributed by atoms with E-state index in [0.717, 1.165) is 38.6 Å². The first-order chi connectivity index (χ1) is 10.1. The molecular formula is C16H13ClN4. The van der Waals surface area contributed by atoms with Crippen LogP contribution in [0.4, 0.5) is 0 Å². The van der Waals surface area contributed by atoms with Crippen LogP contribution in [0.15, 0.2) is 36.5 Å². The fourth-order valence-corrected chi connectivity index (χ4v) is 3.07. The number of nitrogens with one attached hydrogen (secondary N) is 1. The number of fused-ring (bicyclic) bond motifs is 2. The summed E-state index contributed by atoms with van der Waals surface area (Å²) in [4.78, 5) is 0. The molecule has 0 aliphatic heterocycles. The fourth-order valence-electron chi connectivity index (χ4n) is 2.81. The molecule has 0 fully saturated rings. The lowest BCUT2D eigenvalue weighted by atomic mass is 10.0. The first-order valence-electron chi connectivity index (χ1n) is 6.71. The highest BCUT2D eigenvalue weighted by atomic mass is 35.5. The average molecular weight is 297 g/mol. The molecule has 0 saturated heterocycles. The van der Waals surface area contributed by atoms with E-state index in [4.69, 9.17) is 11.6 Å². The normalized spacial score (nSPS) is 11.6. The van der Waals surface area contributed by atoms with E-state index in [1.807, 2.05) is 31.4 Å². The van der Waals surface area contributed by atoms with Gasteiger partial charge in [0.15, 0.2) is 0 Å². The van der Waals surface area contributed by atoms with Crippen molar-refractivity contribution < 1.29 is 0 Å². The molecule has 4 rings (SSSR count). The van der Waals surface area contributed by atoms with Gasteiger partial charge in [0.2, 0.25) is 0 Å². The molecule has 2 aromatic heterocycles. The fraction of sp³-hybridized carbons (Fsp3) is 0.125. The number of para-hydroxylation sites is 1. The minimum absolute atomic E-state index is 0.697. The minimum Gasteiger partial charge on any atom is -0.277 e. The van der Waals surface area contributed by atoms with Crippen molar-refractivity contribution in [1.29, 1.82) is 0 Å². The van der Waals surface area contributed by atoms with Gasteiger partial charge in [0, 0.05) is 29.6 Å². The van der Waals surface area contributed by atoms with Crippen molar-refractivity contribution in [1.82, 2.24) is 20.0 Å². The van der Waals surface area contributed by atoms with E-state index in [2.05, 4.69) is 34.4 Å². The molecule has 104 valence electrons. The molecule has 0 bridgehead atoms. The zero-order valence-electron chi connectivity index (χ0n) is 11.7. The Balaban J connectivity index is 2.13. The van der Waals surface area contributed by atoms with E-state index in [0.29, 0.717) is 5.02 Å². The summed E-state index contributed by atoms with van der Waals surface area (Å²) in [6.45, 7) is 2.05. The number of H-pyrrole nitrogens is 1. The van der Waals surface area contributed by atoms with Crippen LogP contribution in [0.5, 0.6) is 0 Å². The van der Waals surface area contributed by atoms with Gasteiger partial charge >= 0.3 is 0 Å². The molecule has 1 N–H and O–H groups in total. The van der Waals surface area contributed by atoms with Crippen molar-refractivity contribution >= 4 is 33.4 Å². The molecule has 2 heterocycles. The third-order valence-electron chi connectivity index (χ3n) is 3.79. The zero-order chi connectivity index (χ0) is 14.6. The highest BCUT2D eigenvalue weighted by Crippen LogP contribution is 2.37. The van der Waals surface area contributed by atoms with Crippen molar-refractivity contribution in [2.45, 2.75) is 6.92 Å². The molecule has 2 aromatic carbocycles. The van der Waals surface area contributed by atoms with Crippen LogP contribution >= 0.6 is 11.6 Å². The highest BCUT2D eigenvalue weighted by Gasteiger charge is 2.16. The van der Waals surface area contributed by atoms with Crippen LogP contribution in [0, 0.1) is 6.92 Å². The topological polar surface area (TPSA) is 46.5 Å². The number of nitrogens with zero attached hydrogens (tertiary/aromatic N) is 3. The maximum absolute atomic E-state index is 6.46. The average Bonchev–Trinajstić information content (AvgIpc) is 3.03. The van der Waals surface area contributed by atoms with Crippen LogP contribution in [-0.4, -0.2) is 20.0 Å². The zero-order valence-corrected chi connectivity index (χ0v) is 12.4. The number of hydrogen-bond acceptors (Lipinski definition) is 2. The highest BCUT2D eigenvalue weighted by molar-refractivity contribution is 6.35. The lowest BCUT2D eigenvalue weighted by Gasteiger charge is -2.04. The van der Waals surface area contributed by atoms with E-state index in [1.54, 1.807) is 4.68 Å². The number of aryl methyl sites for hydroxylation is 2. The van der Waals surface area contributed by atoms with Gasteiger partial charge in [-0.25, -0.2) is 0 Å². The third kappa shape index (κ3) is 1.76. The number of halogens is 1. The van der Waals surface area contributed by atoms with Gasteiger partial charge in [0.1, 0.15) is 0 Å². The summed E-state index contributed by atoms with van der Waals surface area (Å²) in [7, 11) is 1.91. The van der Waals surface area contributed by atoms with E-state index in [1.165, 1.54) is 0 Å². The molecule has 0 radical (unpaired) electrons. The molecule has 0 aliphatic rings. The SMILES string of the molecule is Cc1cccc2c(-c3c(Cl)ccc4nn(C)cc34)[nH]nc12. The molecule has 0 aliphatic carbocycles. The summed E-state index contributed by atoms with van der Waals surface area (Å²) in [5.74, 6) is 0. The van der Waals surface area contributed by atoms with E-state index < -0.39 is 0 Å². The standard InChI is InChI=1S/C16H13ClN4/c1-9-4-3-5-10-15(9)18-19-16(10)14-11-8-21(2)20-13(11)7-6-12(14)17/h3-8H,1-2H3,(H,18,19). The second-order valence-corrected chi connectivity index (χ2v) is 5.63. The van der Waals surface area contributed by atoms with Gasteiger partial charge in [0.25, 0.3) is 0 Å².